The molecule has 1 aliphatic heterocycles. The number of hydrogen-bond acceptors (Lipinski definition) is 3. The van der Waals surface area contributed by atoms with Crippen LogP contribution in [0, 0.1) is 0 Å². The van der Waals surface area contributed by atoms with Crippen molar-refractivity contribution in [3.63, 3.8) is 0 Å². The van der Waals surface area contributed by atoms with Gasteiger partial charge < -0.3 is 0 Å². The maximum atomic E-state index is 12.6. The summed E-state index contributed by atoms with van der Waals surface area (Å²) >= 11 is 8.25. The summed E-state index contributed by atoms with van der Waals surface area (Å²) in [5.74, 6) is 0. The molecule has 1 heterocycles. The minimum Gasteiger partial charge on any atom is -0.238 e. The van der Waals surface area contributed by atoms with Crippen molar-refractivity contribution in [1.29, 1.82) is 0 Å². The monoisotopic (exact) mass is 345 g/mol. The van der Waals surface area contributed by atoms with E-state index in [0.29, 0.717) is 0 Å². The van der Waals surface area contributed by atoms with Crippen molar-refractivity contribution in [2.45, 2.75) is 22.0 Å². The Kier molecular flexibility index (Phi) is 3.33. The molecule has 18 heavy (non-hydrogen) atoms. The number of rotatable bonds is 3. The molecule has 1 atom stereocenters. The molecular formula is C4Cl2F7NO3S. The highest BCUT2D eigenvalue weighted by molar-refractivity contribution is 7.90. The lowest BCUT2D eigenvalue weighted by molar-refractivity contribution is -0.103. The molecule has 0 radical (unpaired) electrons. The molecular weight excluding hydrogens is 346 g/mol. The van der Waals surface area contributed by atoms with Gasteiger partial charge in [0.25, 0.3) is 0 Å². The topological polar surface area (TPSA) is 49.7 Å². The first-order chi connectivity index (χ1) is 7.59. The summed E-state index contributed by atoms with van der Waals surface area (Å²) in [6.07, 6.45) is 0. The van der Waals surface area contributed by atoms with Crippen molar-refractivity contribution < 1.29 is 44.0 Å². The first kappa shape index (κ1) is 16.0. The Bertz CT molecular complexity index is 437. The molecule has 0 saturated carbocycles. The lowest BCUT2D eigenvalue weighted by Crippen LogP contribution is -2.50. The van der Waals surface area contributed by atoms with Gasteiger partial charge in [-0.25, -0.2) is 13.3 Å². The molecule has 14 heteroatoms. The van der Waals surface area contributed by atoms with Crippen molar-refractivity contribution in [3.8, 4) is 0 Å². The van der Waals surface area contributed by atoms with Gasteiger partial charge in [0.2, 0.25) is 0 Å². The van der Waals surface area contributed by atoms with E-state index in [0.717, 1.165) is 0 Å². The average Bonchev–Trinajstić information content (AvgIpc) is 2.72. The van der Waals surface area contributed by atoms with Crippen LogP contribution in [0.5, 0.6) is 0 Å². The number of hydrogen-bond donors (Lipinski definition) is 0. The van der Waals surface area contributed by atoms with Crippen LogP contribution < -0.4 is 0 Å². The summed E-state index contributed by atoms with van der Waals surface area (Å²) in [6, 6.07) is 0. The largest absolute Gasteiger partial charge is 0.513 e. The van der Waals surface area contributed by atoms with E-state index in [1.165, 1.54) is 0 Å². The van der Waals surface area contributed by atoms with Crippen LogP contribution in [0.25, 0.3) is 0 Å². The summed E-state index contributed by atoms with van der Waals surface area (Å²) in [5.41, 5.74) is -10.8. The molecule has 1 fully saturated rings. The highest BCUT2D eigenvalue weighted by Crippen LogP contribution is 2.62. The zero-order valence-corrected chi connectivity index (χ0v) is 9.81. The predicted molar refractivity (Wildman–Crippen MR) is 42.2 cm³/mol. The number of sulfonamides is 1. The maximum absolute atomic E-state index is 12.6. The van der Waals surface area contributed by atoms with Crippen LogP contribution in [0.4, 0.5) is 30.7 Å². The van der Waals surface area contributed by atoms with E-state index in [9.17, 15) is 39.2 Å². The number of halogens is 9. The van der Waals surface area contributed by atoms with E-state index >= 15 is 0 Å². The fourth-order valence-electron chi connectivity index (χ4n) is 0.883. The lowest BCUT2D eigenvalue weighted by atomic mass is 10.3. The normalized spacial score (nSPS) is 25.1. The van der Waals surface area contributed by atoms with E-state index in [1.807, 2.05) is 0 Å². The fourth-order valence-corrected chi connectivity index (χ4v) is 2.45. The van der Waals surface area contributed by atoms with Crippen molar-refractivity contribution in [2.75, 3.05) is 0 Å². The van der Waals surface area contributed by atoms with Crippen molar-refractivity contribution in [2.24, 2.45) is 0 Å². The molecule has 1 rings (SSSR count). The van der Waals surface area contributed by atoms with Gasteiger partial charge in [-0.15, -0.1) is 0 Å². The lowest BCUT2D eigenvalue weighted by Gasteiger charge is -2.21. The molecule has 1 aliphatic rings. The van der Waals surface area contributed by atoms with Crippen molar-refractivity contribution >= 4 is 33.2 Å². The molecule has 0 aromatic carbocycles. The second-order valence-corrected chi connectivity index (χ2v) is 5.60. The summed E-state index contributed by atoms with van der Waals surface area (Å²) in [6.45, 7) is 0. The minimum absolute atomic E-state index is 1.67. The molecule has 0 N–H and O–H groups in total. The van der Waals surface area contributed by atoms with Gasteiger partial charge in [-0.05, 0) is 27.7 Å². The standard InChI is InChI=1S/C4Cl2F7NO3S/c5-2(7,8)1(3(6,9)10)14(17-1)18(15,16)4(11,12)13. The first-order valence-electron chi connectivity index (χ1n) is 3.53. The van der Waals surface area contributed by atoms with Gasteiger partial charge in [0.05, 0.1) is 0 Å². The molecule has 0 aromatic rings. The molecule has 0 spiro atoms. The van der Waals surface area contributed by atoms with E-state index < -0.39 is 36.5 Å². The third-order valence-electron chi connectivity index (χ3n) is 1.72. The van der Waals surface area contributed by atoms with Gasteiger partial charge in [-0.3, -0.25) is 0 Å². The Morgan fingerprint density at radius 2 is 1.28 bits per heavy atom. The maximum Gasteiger partial charge on any atom is 0.513 e. The van der Waals surface area contributed by atoms with Gasteiger partial charge in [0.1, 0.15) is 0 Å². The molecule has 0 bridgehead atoms. The highest BCUT2D eigenvalue weighted by Gasteiger charge is 2.89. The smallest absolute Gasteiger partial charge is 0.238 e. The zero-order valence-electron chi connectivity index (χ0n) is 7.48. The molecule has 4 nitrogen and oxygen atoms in total. The van der Waals surface area contributed by atoms with E-state index in [-0.39, 0.29) is 0 Å². The second-order valence-electron chi connectivity index (χ2n) is 2.91. The Balaban J connectivity index is 3.30. The molecule has 1 saturated heterocycles. The fraction of sp³-hybridized carbons (Fsp3) is 1.00. The van der Waals surface area contributed by atoms with Crippen LogP contribution in [0.1, 0.15) is 0 Å². The Labute approximate surface area is 104 Å². The second kappa shape index (κ2) is 3.75. The molecule has 1 unspecified atom stereocenters. The number of nitrogens with zero attached hydrogens (tertiary/aromatic N) is 1. The Morgan fingerprint density at radius 3 is 1.44 bits per heavy atom. The molecule has 0 amide bonds. The quantitative estimate of drug-likeness (QED) is 0.448. The zero-order chi connectivity index (χ0) is 14.8. The first-order valence-corrected chi connectivity index (χ1v) is 5.73. The average molecular weight is 346 g/mol. The van der Waals surface area contributed by atoms with Crippen LogP contribution >= 0.6 is 23.2 Å². The van der Waals surface area contributed by atoms with Crippen LogP contribution in [-0.4, -0.2) is 34.9 Å². The van der Waals surface area contributed by atoms with Gasteiger partial charge >= 0.3 is 32.0 Å². The molecule has 0 aliphatic carbocycles. The Morgan fingerprint density at radius 1 is 0.944 bits per heavy atom. The SMILES string of the molecule is O=S(=O)(N1OC1(C(F)(F)Cl)C(F)(F)Cl)C(F)(F)F. The number of alkyl halides is 9. The van der Waals surface area contributed by atoms with Crippen molar-refractivity contribution in [1.82, 2.24) is 4.47 Å². The summed E-state index contributed by atoms with van der Waals surface area (Å²) < 4.78 is 106. The Hall–Kier alpha value is -0.0400. The number of hydroxylamine groups is 1. The van der Waals surface area contributed by atoms with E-state index in [2.05, 4.69) is 28.0 Å². The van der Waals surface area contributed by atoms with Gasteiger partial charge in [0, 0.05) is 0 Å². The summed E-state index contributed by atoms with van der Waals surface area (Å²) in [5, 5.41) is -10.4. The van der Waals surface area contributed by atoms with Crippen LogP contribution in [-0.2, 0) is 14.9 Å². The van der Waals surface area contributed by atoms with Crippen LogP contribution in [0.2, 0.25) is 0 Å². The van der Waals surface area contributed by atoms with Gasteiger partial charge in [-0.1, -0.05) is 0 Å². The van der Waals surface area contributed by atoms with Crippen molar-refractivity contribution in [3.05, 3.63) is 0 Å². The van der Waals surface area contributed by atoms with Crippen LogP contribution in [0.3, 0.4) is 0 Å². The van der Waals surface area contributed by atoms with Crippen LogP contribution in [0.15, 0.2) is 0 Å². The summed E-state index contributed by atoms with van der Waals surface area (Å²) in [4.78, 5) is 3.19. The molecule has 0 aromatic heterocycles. The van der Waals surface area contributed by atoms with Gasteiger partial charge in [-0.2, -0.15) is 30.7 Å². The van der Waals surface area contributed by atoms with Gasteiger partial charge in [0.15, 0.2) is 0 Å². The van der Waals surface area contributed by atoms with E-state index in [4.69, 9.17) is 0 Å². The third kappa shape index (κ3) is 2.03. The summed E-state index contributed by atoms with van der Waals surface area (Å²) in [7, 11) is -6.59. The minimum atomic E-state index is -6.59. The highest BCUT2D eigenvalue weighted by atomic mass is 35.5. The molecule has 108 valence electrons. The third-order valence-corrected chi connectivity index (χ3v) is 3.58. The van der Waals surface area contributed by atoms with E-state index in [1.54, 1.807) is 0 Å². The predicted octanol–water partition coefficient (Wildman–Crippen LogP) is 2.44.